The lowest BCUT2D eigenvalue weighted by Gasteiger charge is -2.58. The fraction of sp³-hybridized carbons (Fsp3) is 0.840. The van der Waals surface area contributed by atoms with Crippen molar-refractivity contribution in [2.75, 3.05) is 0 Å². The standard InChI is InChI=1S/C25H35NO4/c1-15(27)28-17-8-10-23(4)16(12-17)6-7-18-19(23)9-11-24(5)20(18)13-21-25(24,14-26)30-22(2,3)29-21/h6,17-21H,7-13H2,1-5H3/t17?,18?,19?,20?,21-,23+,24+,25-/m1/s1. The van der Waals surface area contributed by atoms with Crippen LogP contribution in [0, 0.1) is 39.9 Å². The first-order valence-corrected chi connectivity index (χ1v) is 11.7. The molecule has 8 atom stereocenters. The molecular weight excluding hydrogens is 378 g/mol. The van der Waals surface area contributed by atoms with E-state index in [0.717, 1.165) is 44.9 Å². The first-order valence-electron chi connectivity index (χ1n) is 11.7. The smallest absolute Gasteiger partial charge is 0.302 e. The molecule has 30 heavy (non-hydrogen) atoms. The monoisotopic (exact) mass is 413 g/mol. The molecule has 1 aliphatic heterocycles. The van der Waals surface area contributed by atoms with E-state index in [2.05, 4.69) is 26.0 Å². The van der Waals surface area contributed by atoms with Crippen LogP contribution in [0.15, 0.2) is 11.6 Å². The van der Waals surface area contributed by atoms with Gasteiger partial charge in [0.15, 0.2) is 11.4 Å². The fourth-order valence-corrected chi connectivity index (χ4v) is 8.23. The highest BCUT2D eigenvalue weighted by Crippen LogP contribution is 2.70. The van der Waals surface area contributed by atoms with Gasteiger partial charge in [0.05, 0.1) is 0 Å². The molecule has 5 rings (SSSR count). The van der Waals surface area contributed by atoms with Crippen molar-refractivity contribution in [2.45, 2.75) is 103 Å². The predicted octanol–water partition coefficient (Wildman–Crippen LogP) is 4.90. The van der Waals surface area contributed by atoms with Crippen LogP contribution in [0.1, 0.15) is 79.6 Å². The van der Waals surface area contributed by atoms with Crippen LogP contribution < -0.4 is 0 Å². The van der Waals surface area contributed by atoms with Gasteiger partial charge in [0.1, 0.15) is 18.3 Å². The van der Waals surface area contributed by atoms with Gasteiger partial charge in [0.25, 0.3) is 0 Å². The molecule has 0 radical (unpaired) electrons. The Kier molecular flexibility index (Phi) is 4.33. The minimum atomic E-state index is -0.829. The van der Waals surface area contributed by atoms with E-state index in [9.17, 15) is 10.1 Å². The summed E-state index contributed by atoms with van der Waals surface area (Å²) in [5.74, 6) is 0.767. The maximum atomic E-state index is 11.4. The second kappa shape index (κ2) is 6.33. The molecule has 0 N–H and O–H groups in total. The number of allylic oxidation sites excluding steroid dienone is 1. The first kappa shape index (κ1) is 20.5. The summed E-state index contributed by atoms with van der Waals surface area (Å²) in [5, 5.41) is 10.3. The molecule has 5 aliphatic rings. The van der Waals surface area contributed by atoms with E-state index in [1.807, 2.05) is 13.8 Å². The van der Waals surface area contributed by atoms with Crippen molar-refractivity contribution in [2.24, 2.45) is 28.6 Å². The van der Waals surface area contributed by atoms with Gasteiger partial charge < -0.3 is 14.2 Å². The molecule has 4 unspecified atom stereocenters. The third-order valence-corrected chi connectivity index (χ3v) is 9.55. The SMILES string of the molecule is CC(=O)OC1CC[C@@]2(C)C(=CCC3C2CC[C@@]2(C)C3C[C@H]3OC(C)(C)O[C@]32C#N)C1. The van der Waals surface area contributed by atoms with E-state index >= 15 is 0 Å². The molecule has 3 saturated carbocycles. The second-order valence-electron chi connectivity index (χ2n) is 11.4. The zero-order chi connectivity index (χ0) is 21.5. The average Bonchev–Trinajstić information content (AvgIpc) is 3.07. The number of hydrogen-bond acceptors (Lipinski definition) is 5. The zero-order valence-electron chi connectivity index (χ0n) is 19.0. The highest BCUT2D eigenvalue weighted by atomic mass is 16.8. The summed E-state index contributed by atoms with van der Waals surface area (Å²) in [5.41, 5.74) is 0.674. The number of nitrogens with zero attached hydrogens (tertiary/aromatic N) is 1. The van der Waals surface area contributed by atoms with Crippen molar-refractivity contribution >= 4 is 5.97 Å². The van der Waals surface area contributed by atoms with Gasteiger partial charge >= 0.3 is 5.97 Å². The van der Waals surface area contributed by atoms with Crippen molar-refractivity contribution in [3.63, 3.8) is 0 Å². The van der Waals surface area contributed by atoms with Gasteiger partial charge in [-0.05, 0) is 75.5 Å². The minimum Gasteiger partial charge on any atom is -0.462 e. The molecule has 1 saturated heterocycles. The highest BCUT2D eigenvalue weighted by Gasteiger charge is 2.73. The lowest BCUT2D eigenvalue weighted by Crippen LogP contribution is -2.56. The van der Waals surface area contributed by atoms with E-state index in [1.165, 1.54) is 12.5 Å². The molecule has 0 spiro atoms. The zero-order valence-corrected chi connectivity index (χ0v) is 19.0. The minimum absolute atomic E-state index is 0.0314. The van der Waals surface area contributed by atoms with Crippen LogP contribution in [-0.2, 0) is 19.0 Å². The van der Waals surface area contributed by atoms with Gasteiger partial charge in [-0.15, -0.1) is 0 Å². The predicted molar refractivity (Wildman–Crippen MR) is 111 cm³/mol. The molecule has 164 valence electrons. The van der Waals surface area contributed by atoms with Gasteiger partial charge in [-0.1, -0.05) is 25.5 Å². The Morgan fingerprint density at radius 1 is 1.20 bits per heavy atom. The lowest BCUT2D eigenvalue weighted by molar-refractivity contribution is -0.199. The van der Waals surface area contributed by atoms with Gasteiger partial charge in [0.2, 0.25) is 0 Å². The summed E-state index contributed by atoms with van der Waals surface area (Å²) >= 11 is 0. The van der Waals surface area contributed by atoms with Crippen LogP contribution in [0.4, 0.5) is 0 Å². The summed E-state index contributed by atoms with van der Waals surface area (Å²) in [6, 6.07) is 2.61. The molecule has 1 heterocycles. The second-order valence-corrected chi connectivity index (χ2v) is 11.4. The summed E-state index contributed by atoms with van der Waals surface area (Å²) in [6.07, 6.45) is 9.37. The molecule has 0 bridgehead atoms. The molecule has 5 heteroatoms. The number of hydrogen-bond donors (Lipinski definition) is 0. The van der Waals surface area contributed by atoms with Crippen molar-refractivity contribution < 1.29 is 19.0 Å². The maximum Gasteiger partial charge on any atom is 0.302 e. The first-order chi connectivity index (χ1) is 14.0. The molecule has 0 aromatic rings. The van der Waals surface area contributed by atoms with Gasteiger partial charge in [-0.25, -0.2) is 0 Å². The Balaban J connectivity index is 1.45. The van der Waals surface area contributed by atoms with Crippen LogP contribution in [0.3, 0.4) is 0 Å². The summed E-state index contributed by atoms with van der Waals surface area (Å²) in [7, 11) is 0. The quantitative estimate of drug-likeness (QED) is 0.451. The number of ether oxygens (including phenoxy) is 3. The molecule has 0 aromatic carbocycles. The fourth-order valence-electron chi connectivity index (χ4n) is 8.23. The van der Waals surface area contributed by atoms with Crippen molar-refractivity contribution in [3.05, 3.63) is 11.6 Å². The highest BCUT2D eigenvalue weighted by molar-refractivity contribution is 5.66. The third kappa shape index (κ3) is 2.56. The van der Waals surface area contributed by atoms with E-state index in [4.69, 9.17) is 14.2 Å². The Bertz CT molecular complexity index is 843. The molecule has 5 nitrogen and oxygen atoms in total. The number of carbonyl (C=O) groups excluding carboxylic acids is 1. The Labute approximate surface area is 180 Å². The Morgan fingerprint density at radius 3 is 2.67 bits per heavy atom. The largest absolute Gasteiger partial charge is 0.462 e. The molecular formula is C25H35NO4. The molecule has 0 aromatic heterocycles. The summed E-state index contributed by atoms with van der Waals surface area (Å²) < 4.78 is 18.2. The van der Waals surface area contributed by atoms with Crippen molar-refractivity contribution in [1.29, 1.82) is 5.26 Å². The van der Waals surface area contributed by atoms with Crippen LogP contribution in [0.25, 0.3) is 0 Å². The Hall–Kier alpha value is -1.38. The third-order valence-electron chi connectivity index (χ3n) is 9.55. The maximum absolute atomic E-state index is 11.4. The van der Waals surface area contributed by atoms with Crippen LogP contribution >= 0.6 is 0 Å². The molecule has 0 amide bonds. The number of rotatable bonds is 1. The van der Waals surface area contributed by atoms with Crippen LogP contribution in [0.2, 0.25) is 0 Å². The summed E-state index contributed by atoms with van der Waals surface area (Å²) in [4.78, 5) is 11.4. The summed E-state index contributed by atoms with van der Waals surface area (Å²) in [6.45, 7) is 10.1. The molecule has 4 fully saturated rings. The van der Waals surface area contributed by atoms with Crippen LogP contribution in [0.5, 0.6) is 0 Å². The van der Waals surface area contributed by atoms with Crippen molar-refractivity contribution in [1.82, 2.24) is 0 Å². The number of fused-ring (bicyclic) bond motifs is 7. The van der Waals surface area contributed by atoms with Gasteiger partial charge in [0, 0.05) is 18.8 Å². The van der Waals surface area contributed by atoms with E-state index in [-0.39, 0.29) is 29.0 Å². The average molecular weight is 414 g/mol. The lowest BCUT2D eigenvalue weighted by atomic mass is 9.47. The number of nitriles is 1. The molecule has 4 aliphatic carbocycles. The topological polar surface area (TPSA) is 68.6 Å². The van der Waals surface area contributed by atoms with Gasteiger partial charge in [-0.3, -0.25) is 4.79 Å². The number of carbonyl (C=O) groups is 1. The van der Waals surface area contributed by atoms with Crippen LogP contribution in [-0.4, -0.2) is 29.6 Å². The van der Waals surface area contributed by atoms with Crippen molar-refractivity contribution in [3.8, 4) is 6.07 Å². The van der Waals surface area contributed by atoms with E-state index in [1.54, 1.807) is 0 Å². The van der Waals surface area contributed by atoms with E-state index in [0.29, 0.717) is 17.8 Å². The van der Waals surface area contributed by atoms with Gasteiger partial charge in [-0.2, -0.15) is 5.26 Å². The normalized spacial score (nSPS) is 50.9. The van der Waals surface area contributed by atoms with E-state index < -0.39 is 11.4 Å². The Morgan fingerprint density at radius 2 is 1.97 bits per heavy atom. The number of esters is 1.